The number of ether oxygens (including phenoxy) is 2. The number of methoxy groups -OCH3 is 1. The molecule has 0 spiro atoms. The number of aromatic nitrogens is 1. The number of nitrogens with one attached hydrogen (secondary N) is 3. The highest BCUT2D eigenvalue weighted by Crippen LogP contribution is 2.46. The topological polar surface area (TPSA) is 173 Å². The van der Waals surface area contributed by atoms with Gasteiger partial charge in [-0.15, -0.1) is 13.2 Å². The van der Waals surface area contributed by atoms with Crippen LogP contribution in [0, 0.1) is 11.3 Å². The van der Waals surface area contributed by atoms with Crippen molar-refractivity contribution in [1.29, 1.82) is 0 Å². The van der Waals surface area contributed by atoms with E-state index < -0.39 is 68.1 Å². The molecule has 1 unspecified atom stereocenters. The first-order chi connectivity index (χ1) is 26.6. The minimum atomic E-state index is -3.91. The fourth-order valence-corrected chi connectivity index (χ4v) is 8.55. The third-order valence-corrected chi connectivity index (χ3v) is 12.5. The van der Waals surface area contributed by atoms with Gasteiger partial charge in [0.25, 0.3) is 5.91 Å². The zero-order valence-corrected chi connectivity index (χ0v) is 33.2. The molecule has 2 aromatic carbocycles. The maximum atomic E-state index is 14.7. The first-order valence-corrected chi connectivity index (χ1v) is 20.6. The van der Waals surface area contributed by atoms with Gasteiger partial charge in [-0.1, -0.05) is 63.3 Å². The Balaban J connectivity index is 1.33. The predicted octanol–water partition coefficient (Wildman–Crippen LogP) is 4.82. The van der Waals surface area contributed by atoms with E-state index in [4.69, 9.17) is 14.5 Å². The maximum Gasteiger partial charge on any atom is 0.259 e. The summed E-state index contributed by atoms with van der Waals surface area (Å²) >= 11 is 0. The smallest absolute Gasteiger partial charge is 0.259 e. The van der Waals surface area contributed by atoms with E-state index in [1.54, 1.807) is 25.3 Å². The Morgan fingerprint density at radius 3 is 2.43 bits per heavy atom. The molecule has 2 heterocycles. The van der Waals surface area contributed by atoms with Crippen LogP contribution in [0.4, 0.5) is 0 Å². The summed E-state index contributed by atoms with van der Waals surface area (Å²) in [6, 6.07) is 14.7. The van der Waals surface area contributed by atoms with Crippen molar-refractivity contribution >= 4 is 44.6 Å². The summed E-state index contributed by atoms with van der Waals surface area (Å²) in [5.74, 6) is -1.71. The number of carbonyl (C=O) groups is 4. The molecule has 0 bridgehead atoms. The van der Waals surface area contributed by atoms with Crippen LogP contribution in [0.2, 0.25) is 0 Å². The van der Waals surface area contributed by atoms with E-state index in [0.29, 0.717) is 53.8 Å². The van der Waals surface area contributed by atoms with Gasteiger partial charge >= 0.3 is 0 Å². The van der Waals surface area contributed by atoms with Crippen LogP contribution >= 0.6 is 0 Å². The number of pyridine rings is 1. The average molecular weight is 786 g/mol. The standard InChI is InChI=1S/C42H51N5O8S/c1-7-9-11-16-36(48)44-37(41(3,4)5)39(50)47-25-29(22-34(47)38(49)45-42(24-27(42)8-2)40(51)46-56(52,53)30-18-19-30)55-35-23-32(26-14-12-10-13-15-26)43-33-21-28(54-6)17-20-31(33)35/h7-8,10,12-15,17,20-21,23,27,29-30,34,37H,1-2,9,11,16,18-19,22,24-25H2,3-6H3,(H,44,48)(H,45,49)(H,46,51)/t27-,29+,34-,37?,42-/m0/s1. The second-order valence-corrected chi connectivity index (χ2v) is 17.9. The molecule has 2 aliphatic carbocycles. The quantitative estimate of drug-likeness (QED) is 0.136. The molecule has 3 aliphatic rings. The van der Waals surface area contributed by atoms with Gasteiger partial charge in [-0.05, 0) is 49.7 Å². The summed E-state index contributed by atoms with van der Waals surface area (Å²) in [6.45, 7) is 13.0. The Hall–Kier alpha value is -5.24. The van der Waals surface area contributed by atoms with E-state index in [1.165, 1.54) is 11.0 Å². The van der Waals surface area contributed by atoms with Crippen LogP contribution in [0.15, 0.2) is 79.9 Å². The molecule has 3 fully saturated rings. The van der Waals surface area contributed by atoms with Crippen molar-refractivity contribution in [2.24, 2.45) is 11.3 Å². The molecule has 4 amide bonds. The first kappa shape index (κ1) is 40.4. The number of unbranched alkanes of at least 4 members (excludes halogenated alkanes) is 1. The van der Waals surface area contributed by atoms with Gasteiger partial charge in [0.2, 0.25) is 27.7 Å². The van der Waals surface area contributed by atoms with Gasteiger partial charge in [0.1, 0.15) is 35.2 Å². The van der Waals surface area contributed by atoms with Gasteiger partial charge < -0.3 is 25.0 Å². The van der Waals surface area contributed by atoms with Crippen molar-refractivity contribution in [3.63, 3.8) is 0 Å². The summed E-state index contributed by atoms with van der Waals surface area (Å²) in [7, 11) is -2.33. The second kappa shape index (κ2) is 16.1. The highest BCUT2D eigenvalue weighted by atomic mass is 32.2. The third-order valence-electron chi connectivity index (χ3n) is 10.7. The van der Waals surface area contributed by atoms with Gasteiger partial charge in [0.15, 0.2) is 0 Å². The molecule has 13 nitrogen and oxygen atoms in total. The largest absolute Gasteiger partial charge is 0.497 e. The molecule has 5 atom stereocenters. The third kappa shape index (κ3) is 8.75. The molecule has 1 aromatic heterocycles. The Bertz CT molecular complexity index is 2130. The van der Waals surface area contributed by atoms with E-state index in [2.05, 4.69) is 28.5 Å². The van der Waals surface area contributed by atoms with Crippen LogP contribution in [-0.4, -0.2) is 84.6 Å². The normalized spacial score (nSPS) is 22.4. The van der Waals surface area contributed by atoms with E-state index in [-0.39, 0.29) is 31.7 Å². The molecule has 56 heavy (non-hydrogen) atoms. The monoisotopic (exact) mass is 785 g/mol. The Labute approximate surface area is 328 Å². The number of fused-ring (bicyclic) bond motifs is 1. The molecule has 3 N–H and O–H groups in total. The Morgan fingerprint density at radius 1 is 1.07 bits per heavy atom. The van der Waals surface area contributed by atoms with Crippen molar-refractivity contribution in [2.45, 2.75) is 94.7 Å². The number of amides is 4. The highest BCUT2D eigenvalue weighted by molar-refractivity contribution is 7.91. The number of rotatable bonds is 16. The number of carbonyl (C=O) groups excluding carboxylic acids is 4. The minimum absolute atomic E-state index is 0.0172. The summed E-state index contributed by atoms with van der Waals surface area (Å²) in [5, 5.41) is 5.79. The van der Waals surface area contributed by atoms with Crippen LogP contribution in [0.1, 0.15) is 65.7 Å². The fraction of sp³-hybridized carbons (Fsp3) is 0.452. The lowest BCUT2D eigenvalue weighted by Gasteiger charge is -2.35. The summed E-state index contributed by atoms with van der Waals surface area (Å²) < 4.78 is 39.9. The number of benzene rings is 2. The van der Waals surface area contributed by atoms with Crippen molar-refractivity contribution in [2.75, 3.05) is 13.7 Å². The van der Waals surface area contributed by atoms with Gasteiger partial charge in [-0.3, -0.25) is 23.9 Å². The number of hydrogen-bond acceptors (Lipinski definition) is 9. The van der Waals surface area contributed by atoms with Crippen molar-refractivity contribution in [1.82, 2.24) is 25.2 Å². The fourth-order valence-electron chi connectivity index (χ4n) is 7.19. The predicted molar refractivity (Wildman–Crippen MR) is 213 cm³/mol. The van der Waals surface area contributed by atoms with E-state index >= 15 is 0 Å². The molecule has 1 saturated heterocycles. The molecule has 14 heteroatoms. The lowest BCUT2D eigenvalue weighted by molar-refractivity contribution is -0.144. The zero-order valence-electron chi connectivity index (χ0n) is 32.4. The molecule has 298 valence electrons. The molecule has 0 radical (unpaired) electrons. The van der Waals surface area contributed by atoms with Gasteiger partial charge in [0, 0.05) is 41.8 Å². The zero-order chi connectivity index (χ0) is 40.4. The van der Waals surface area contributed by atoms with E-state index in [9.17, 15) is 27.6 Å². The molecular weight excluding hydrogens is 735 g/mol. The molecule has 6 rings (SSSR count). The van der Waals surface area contributed by atoms with E-state index in [0.717, 1.165) is 5.56 Å². The van der Waals surface area contributed by atoms with Gasteiger partial charge in [-0.2, -0.15) is 0 Å². The van der Waals surface area contributed by atoms with Crippen LogP contribution in [0.3, 0.4) is 0 Å². The van der Waals surface area contributed by atoms with Gasteiger partial charge in [-0.25, -0.2) is 13.4 Å². The summed E-state index contributed by atoms with van der Waals surface area (Å²) in [4.78, 5) is 62.1. The maximum absolute atomic E-state index is 14.7. The van der Waals surface area contributed by atoms with Crippen LogP contribution < -0.4 is 24.8 Å². The number of likely N-dealkylation sites (tertiary alicyclic amines) is 1. The lowest BCUT2D eigenvalue weighted by Crippen LogP contribution is -2.60. The second-order valence-electron chi connectivity index (χ2n) is 16.0. The van der Waals surface area contributed by atoms with Crippen LogP contribution in [-0.2, 0) is 29.2 Å². The number of nitrogens with zero attached hydrogens (tertiary/aromatic N) is 2. The molecular formula is C42H51N5O8S. The number of hydrogen-bond donors (Lipinski definition) is 3. The Morgan fingerprint density at radius 2 is 1.80 bits per heavy atom. The van der Waals surface area contributed by atoms with E-state index in [1.807, 2.05) is 63.2 Å². The number of allylic oxidation sites excluding steroid dienone is 1. The molecule has 1 aliphatic heterocycles. The average Bonchev–Trinajstić information content (AvgIpc) is 4.10. The van der Waals surface area contributed by atoms with Crippen molar-refractivity contribution in [3.8, 4) is 22.8 Å². The van der Waals surface area contributed by atoms with Crippen molar-refractivity contribution in [3.05, 3.63) is 79.9 Å². The first-order valence-electron chi connectivity index (χ1n) is 19.0. The Kier molecular flexibility index (Phi) is 11.6. The lowest BCUT2D eigenvalue weighted by atomic mass is 9.85. The number of sulfonamides is 1. The van der Waals surface area contributed by atoms with Gasteiger partial charge in [0.05, 0.1) is 30.1 Å². The minimum Gasteiger partial charge on any atom is -0.497 e. The van der Waals surface area contributed by atoms with Crippen LogP contribution in [0.5, 0.6) is 11.5 Å². The van der Waals surface area contributed by atoms with Crippen LogP contribution in [0.25, 0.3) is 22.2 Å². The molecule has 2 saturated carbocycles. The summed E-state index contributed by atoms with van der Waals surface area (Å²) in [6.07, 6.45) is 5.03. The molecule has 3 aromatic rings. The van der Waals surface area contributed by atoms with Crippen molar-refractivity contribution < 1.29 is 37.1 Å². The highest BCUT2D eigenvalue weighted by Gasteiger charge is 2.62. The summed E-state index contributed by atoms with van der Waals surface area (Å²) in [5.41, 5.74) is -0.188. The SMILES string of the molecule is C=CCCCC(=O)NC(C(=O)N1C[C@H](Oc2cc(-c3ccccc3)nc3cc(OC)ccc23)C[C@H]1C(=O)N[C@@]1(C(=O)NS(=O)(=O)C2CC2)C[C@@H]1C=C)C(C)(C)C.